The maximum atomic E-state index is 9.31. The number of hydrogen-bond acceptors (Lipinski definition) is 0. The van der Waals surface area contributed by atoms with Gasteiger partial charge in [0.05, 0.1) is 5.48 Å². The average Bonchev–Trinajstić information content (AvgIpc) is 3.45. The lowest BCUT2D eigenvalue weighted by molar-refractivity contribution is 0.714. The first-order valence-electron chi connectivity index (χ1n) is 18.5. The van der Waals surface area contributed by atoms with Gasteiger partial charge in [-0.2, -0.15) is 0 Å². The Balaban J connectivity index is 1.14. The van der Waals surface area contributed by atoms with E-state index in [1.54, 1.807) is 0 Å². The van der Waals surface area contributed by atoms with Gasteiger partial charge in [-0.1, -0.05) is 152 Å². The van der Waals surface area contributed by atoms with Gasteiger partial charge in [-0.05, 0) is 124 Å². The van der Waals surface area contributed by atoms with Gasteiger partial charge in [0.2, 0.25) is 0 Å². The molecule has 0 fully saturated rings. The van der Waals surface area contributed by atoms with Gasteiger partial charge in [0.15, 0.2) is 0 Å². The Morgan fingerprint density at radius 2 is 1.00 bits per heavy atom. The molecule has 0 heterocycles. The molecule has 9 aromatic rings. The number of benzene rings is 9. The van der Waals surface area contributed by atoms with Crippen molar-refractivity contribution in [3.05, 3.63) is 193 Å². The average molecular weight is 613 g/mol. The molecular formula is C48H32. The molecule has 0 saturated carbocycles. The molecule has 0 aromatic heterocycles. The van der Waals surface area contributed by atoms with Crippen molar-refractivity contribution in [2.24, 2.45) is 0 Å². The summed E-state index contributed by atoms with van der Waals surface area (Å²) in [4.78, 5) is 0. The van der Waals surface area contributed by atoms with Crippen molar-refractivity contribution in [3.8, 4) is 33.4 Å². The summed E-state index contributed by atoms with van der Waals surface area (Å²) in [5, 5.41) is 9.13. The van der Waals surface area contributed by atoms with E-state index in [9.17, 15) is 5.48 Å². The minimum Gasteiger partial charge on any atom is -0.0622 e. The summed E-state index contributed by atoms with van der Waals surface area (Å²) in [5.41, 5.74) is 7.31. The first-order chi connectivity index (χ1) is 25.3. The molecule has 0 nitrogen and oxygen atoms in total. The van der Waals surface area contributed by atoms with E-state index in [1.807, 2.05) is 30.3 Å². The molecule has 0 saturated heterocycles. The van der Waals surface area contributed by atoms with Gasteiger partial charge in [-0.3, -0.25) is 0 Å². The van der Waals surface area contributed by atoms with Gasteiger partial charge < -0.3 is 0 Å². The van der Waals surface area contributed by atoms with E-state index in [1.165, 1.54) is 38.1 Å². The zero-order valence-electron chi connectivity index (χ0n) is 30.4. The Hall–Kier alpha value is -5.98. The first-order valence-corrected chi connectivity index (χ1v) is 16.5. The maximum absolute atomic E-state index is 9.31. The normalized spacial score (nSPS) is 16.4. The molecule has 9 aromatic carbocycles. The fraction of sp³-hybridized carbons (Fsp3) is 0.0417. The van der Waals surface area contributed by atoms with E-state index in [-0.39, 0.29) is 24.2 Å². The molecule has 0 bridgehead atoms. The van der Waals surface area contributed by atoms with Crippen LogP contribution in [0.3, 0.4) is 0 Å². The van der Waals surface area contributed by atoms with Crippen LogP contribution in [-0.2, 0) is 5.41 Å². The lowest BCUT2D eigenvalue weighted by atomic mass is 9.73. The molecule has 0 N–H and O–H groups in total. The highest BCUT2D eigenvalue weighted by molar-refractivity contribution is 6.12. The zero-order chi connectivity index (χ0) is 35.3. The zero-order valence-corrected chi connectivity index (χ0v) is 26.4. The summed E-state index contributed by atoms with van der Waals surface area (Å²) >= 11 is 0. The minimum atomic E-state index is -0.481. The highest BCUT2D eigenvalue weighted by Gasteiger charge is 2.41. The van der Waals surface area contributed by atoms with Gasteiger partial charge in [0, 0.05) is 5.41 Å². The van der Waals surface area contributed by atoms with Crippen LogP contribution in [0, 0.1) is 0 Å². The molecule has 10 rings (SSSR count). The van der Waals surface area contributed by atoms with Crippen LogP contribution in [0.4, 0.5) is 0 Å². The fourth-order valence-corrected chi connectivity index (χ4v) is 8.05. The second kappa shape index (κ2) is 10.3. The van der Waals surface area contributed by atoms with Crippen LogP contribution in [0.25, 0.3) is 76.5 Å². The standard InChI is InChI=1S/C48H32/c1-48(40-11-3-2-4-12-40)45-26-24-34-10-6-8-14-42(34)47(45)43-25-23-37(30-46(43)48)32-17-15-31(16-18-32)35-20-21-36-29-44-38(28-39(36)27-35)22-19-33-9-5-7-13-41(33)44/h2-30H,1H3/i15D,16D,17D,18D. The summed E-state index contributed by atoms with van der Waals surface area (Å²) in [6, 6.07) is 52.4. The van der Waals surface area contributed by atoms with E-state index in [0.29, 0.717) is 22.3 Å². The molecule has 1 unspecified atom stereocenters. The van der Waals surface area contributed by atoms with Crippen molar-refractivity contribution in [2.45, 2.75) is 12.3 Å². The summed E-state index contributed by atoms with van der Waals surface area (Å²) in [5.74, 6) is 0. The van der Waals surface area contributed by atoms with Gasteiger partial charge >= 0.3 is 0 Å². The Morgan fingerprint density at radius 3 is 1.79 bits per heavy atom. The monoisotopic (exact) mass is 612 g/mol. The Morgan fingerprint density at radius 1 is 0.396 bits per heavy atom. The molecule has 0 aliphatic heterocycles. The molecule has 1 atom stereocenters. The van der Waals surface area contributed by atoms with E-state index in [2.05, 4.69) is 128 Å². The van der Waals surface area contributed by atoms with Crippen molar-refractivity contribution in [1.29, 1.82) is 0 Å². The summed E-state index contributed by atoms with van der Waals surface area (Å²) < 4.78 is 37.1. The molecular weight excluding hydrogens is 577 g/mol. The van der Waals surface area contributed by atoms with E-state index < -0.39 is 5.41 Å². The third kappa shape index (κ3) is 3.96. The van der Waals surface area contributed by atoms with Crippen molar-refractivity contribution in [1.82, 2.24) is 0 Å². The van der Waals surface area contributed by atoms with Gasteiger partial charge in [0.25, 0.3) is 0 Å². The van der Waals surface area contributed by atoms with Crippen LogP contribution in [0.2, 0.25) is 0 Å². The van der Waals surface area contributed by atoms with Crippen molar-refractivity contribution in [2.75, 3.05) is 0 Å². The fourth-order valence-electron chi connectivity index (χ4n) is 8.05. The van der Waals surface area contributed by atoms with Crippen LogP contribution in [-0.4, -0.2) is 0 Å². The molecule has 1 aliphatic carbocycles. The predicted octanol–water partition coefficient (Wildman–Crippen LogP) is 13.0. The molecule has 0 amide bonds. The highest BCUT2D eigenvalue weighted by Crippen LogP contribution is 2.55. The van der Waals surface area contributed by atoms with Gasteiger partial charge in [0.1, 0.15) is 0 Å². The van der Waals surface area contributed by atoms with Crippen LogP contribution in [0.1, 0.15) is 29.1 Å². The largest absolute Gasteiger partial charge is 0.0629 e. The first kappa shape index (κ1) is 23.4. The van der Waals surface area contributed by atoms with Crippen LogP contribution in [0.5, 0.6) is 0 Å². The Labute approximate surface area is 286 Å². The SMILES string of the molecule is [2H]c1c([2H])c(-c2ccc3cc4c(ccc5ccccc54)cc3c2)c([2H])c([2H])c1-c1ccc2c(c1)C(C)(c1ccccc1)c1ccc3ccccc3c1-2. The number of hydrogen-bond donors (Lipinski definition) is 0. The molecule has 0 heteroatoms. The van der Waals surface area contributed by atoms with Gasteiger partial charge in [-0.15, -0.1) is 0 Å². The molecule has 0 radical (unpaired) electrons. The Bertz CT molecular complexity index is 2930. The van der Waals surface area contributed by atoms with E-state index in [0.717, 1.165) is 32.8 Å². The molecule has 48 heavy (non-hydrogen) atoms. The lowest BCUT2D eigenvalue weighted by Gasteiger charge is -2.28. The Kier molecular flexibility index (Phi) is 4.99. The summed E-state index contributed by atoms with van der Waals surface area (Å²) in [6.45, 7) is 2.26. The third-order valence-electron chi connectivity index (χ3n) is 10.6. The number of fused-ring (bicyclic) bond motifs is 9. The molecule has 0 spiro atoms. The molecule has 224 valence electrons. The van der Waals surface area contributed by atoms with Crippen molar-refractivity contribution in [3.63, 3.8) is 0 Å². The van der Waals surface area contributed by atoms with Crippen LogP contribution in [0.15, 0.2) is 176 Å². The van der Waals surface area contributed by atoms with E-state index >= 15 is 0 Å². The van der Waals surface area contributed by atoms with Crippen molar-refractivity contribution >= 4 is 43.1 Å². The predicted molar refractivity (Wildman–Crippen MR) is 205 cm³/mol. The van der Waals surface area contributed by atoms with Crippen molar-refractivity contribution < 1.29 is 5.48 Å². The molecule has 1 aliphatic rings. The maximum Gasteiger partial charge on any atom is 0.0629 e. The topological polar surface area (TPSA) is 0 Å². The van der Waals surface area contributed by atoms with E-state index in [4.69, 9.17) is 0 Å². The summed E-state index contributed by atoms with van der Waals surface area (Å²) in [6.07, 6.45) is 0. The minimum absolute atomic E-state index is 0.0385. The third-order valence-corrected chi connectivity index (χ3v) is 10.6. The smallest absolute Gasteiger partial charge is 0.0622 e. The lowest BCUT2D eigenvalue weighted by Crippen LogP contribution is -2.22. The van der Waals surface area contributed by atoms with Crippen LogP contribution >= 0.6 is 0 Å². The van der Waals surface area contributed by atoms with Crippen LogP contribution < -0.4 is 0 Å². The van der Waals surface area contributed by atoms with Gasteiger partial charge in [-0.25, -0.2) is 0 Å². The quantitative estimate of drug-likeness (QED) is 0.138. The second-order valence-corrected chi connectivity index (χ2v) is 13.1. The highest BCUT2D eigenvalue weighted by atomic mass is 14.4. The summed E-state index contributed by atoms with van der Waals surface area (Å²) in [7, 11) is 0. The number of rotatable bonds is 3. The second-order valence-electron chi connectivity index (χ2n) is 13.1.